The Bertz CT molecular complexity index is 538. The Labute approximate surface area is 120 Å². The van der Waals surface area contributed by atoms with Gasteiger partial charge in [0.15, 0.2) is 0 Å². The molecule has 1 aromatic heterocycles. The third-order valence-electron chi connectivity index (χ3n) is 2.85. The smallest absolute Gasteiger partial charge is 0.120 e. The second kappa shape index (κ2) is 5.87. The van der Waals surface area contributed by atoms with Crippen molar-refractivity contribution in [2.24, 2.45) is 0 Å². The summed E-state index contributed by atoms with van der Waals surface area (Å²) in [5.41, 5.74) is 1.22. The first-order valence-corrected chi connectivity index (χ1v) is 7.33. The number of benzene rings is 1. The van der Waals surface area contributed by atoms with Crippen LogP contribution in [0.2, 0.25) is 0 Å². The lowest BCUT2D eigenvalue weighted by molar-refractivity contribution is 0.414. The number of thiophene rings is 1. The van der Waals surface area contributed by atoms with E-state index in [4.69, 9.17) is 4.74 Å². The lowest BCUT2D eigenvalue weighted by Crippen LogP contribution is -2.16. The lowest BCUT2D eigenvalue weighted by atomic mass is 10.1. The van der Waals surface area contributed by atoms with E-state index in [0.29, 0.717) is 0 Å². The second-order valence-corrected chi connectivity index (χ2v) is 6.23. The van der Waals surface area contributed by atoms with E-state index in [1.807, 2.05) is 30.5 Å². The van der Waals surface area contributed by atoms with Gasteiger partial charge in [0.2, 0.25) is 0 Å². The molecule has 96 valence electrons. The maximum Gasteiger partial charge on any atom is 0.120 e. The monoisotopic (exact) mass is 325 g/mol. The van der Waals surface area contributed by atoms with Gasteiger partial charge in [0.25, 0.3) is 0 Å². The minimum Gasteiger partial charge on any atom is -0.497 e. The number of ether oxygens (including phenoxy) is 1. The van der Waals surface area contributed by atoms with Crippen LogP contribution in [0.5, 0.6) is 5.75 Å². The molecule has 4 heteroatoms. The molecule has 0 saturated heterocycles. The Balaban J connectivity index is 2.39. The predicted molar refractivity (Wildman–Crippen MR) is 80.7 cm³/mol. The third kappa shape index (κ3) is 2.76. The summed E-state index contributed by atoms with van der Waals surface area (Å²) in [5.74, 6) is 0.864. The quantitative estimate of drug-likeness (QED) is 0.912. The average Bonchev–Trinajstić information content (AvgIpc) is 2.78. The Morgan fingerprint density at radius 3 is 2.56 bits per heavy atom. The van der Waals surface area contributed by atoms with Crippen LogP contribution in [0.4, 0.5) is 0 Å². The van der Waals surface area contributed by atoms with Crippen molar-refractivity contribution in [1.82, 2.24) is 5.32 Å². The highest BCUT2D eigenvalue weighted by Gasteiger charge is 2.16. The van der Waals surface area contributed by atoms with E-state index in [1.165, 1.54) is 15.3 Å². The lowest BCUT2D eigenvalue weighted by Gasteiger charge is -2.17. The van der Waals surface area contributed by atoms with Gasteiger partial charge in [-0.25, -0.2) is 0 Å². The Morgan fingerprint density at radius 2 is 2.06 bits per heavy atom. The second-order valence-electron chi connectivity index (χ2n) is 4.06. The zero-order valence-electron chi connectivity index (χ0n) is 10.7. The van der Waals surface area contributed by atoms with Crippen molar-refractivity contribution in [3.05, 3.63) is 50.1 Å². The van der Waals surface area contributed by atoms with Crippen LogP contribution in [0.25, 0.3) is 0 Å². The number of hydrogen-bond acceptors (Lipinski definition) is 3. The molecule has 0 aliphatic rings. The molecule has 2 aromatic rings. The third-order valence-corrected chi connectivity index (χ3v) is 4.61. The first-order chi connectivity index (χ1) is 8.65. The van der Waals surface area contributed by atoms with Crippen LogP contribution in [0.3, 0.4) is 0 Å². The van der Waals surface area contributed by atoms with Crippen molar-refractivity contribution >= 4 is 27.3 Å². The van der Waals surface area contributed by atoms with Gasteiger partial charge in [0, 0.05) is 14.2 Å². The SMILES string of the molecule is CNC(c1ccc(C)s1)c1ccc(OC)cc1Br. The van der Waals surface area contributed by atoms with Crippen LogP contribution in [0.1, 0.15) is 21.4 Å². The van der Waals surface area contributed by atoms with Crippen LogP contribution in [0, 0.1) is 6.92 Å². The zero-order valence-corrected chi connectivity index (χ0v) is 13.1. The van der Waals surface area contributed by atoms with Crippen molar-refractivity contribution in [2.75, 3.05) is 14.2 Å². The minimum atomic E-state index is 0.212. The van der Waals surface area contributed by atoms with Gasteiger partial charge in [0.05, 0.1) is 13.2 Å². The maximum atomic E-state index is 5.23. The average molecular weight is 326 g/mol. The standard InChI is InChI=1S/C14H16BrNOS/c1-9-4-7-13(18-9)14(16-2)11-6-5-10(17-3)8-12(11)15/h4-8,14,16H,1-3H3. The number of methoxy groups -OCH3 is 1. The predicted octanol–water partition coefficient (Wildman–Crippen LogP) is 4.14. The Kier molecular flexibility index (Phi) is 4.43. The molecule has 0 aliphatic carbocycles. The topological polar surface area (TPSA) is 21.3 Å². The minimum absolute atomic E-state index is 0.212. The van der Waals surface area contributed by atoms with E-state index in [1.54, 1.807) is 7.11 Å². The van der Waals surface area contributed by atoms with Crippen molar-refractivity contribution < 1.29 is 4.74 Å². The van der Waals surface area contributed by atoms with Crippen LogP contribution >= 0.6 is 27.3 Å². The van der Waals surface area contributed by atoms with Crippen molar-refractivity contribution in [2.45, 2.75) is 13.0 Å². The van der Waals surface area contributed by atoms with Gasteiger partial charge in [-0.1, -0.05) is 22.0 Å². The highest BCUT2D eigenvalue weighted by molar-refractivity contribution is 9.10. The van der Waals surface area contributed by atoms with Crippen LogP contribution < -0.4 is 10.1 Å². The molecule has 18 heavy (non-hydrogen) atoms. The summed E-state index contributed by atoms with van der Waals surface area (Å²) in [7, 11) is 3.66. The maximum absolute atomic E-state index is 5.23. The fraction of sp³-hybridized carbons (Fsp3) is 0.286. The summed E-state index contributed by atoms with van der Waals surface area (Å²) in [6, 6.07) is 10.6. The highest BCUT2D eigenvalue weighted by Crippen LogP contribution is 2.34. The largest absolute Gasteiger partial charge is 0.497 e. The van der Waals surface area contributed by atoms with Crippen molar-refractivity contribution in [3.8, 4) is 5.75 Å². The molecular formula is C14H16BrNOS. The summed E-state index contributed by atoms with van der Waals surface area (Å²) in [4.78, 5) is 2.65. The molecule has 0 spiro atoms. The number of hydrogen-bond donors (Lipinski definition) is 1. The van der Waals surface area contributed by atoms with Crippen molar-refractivity contribution in [3.63, 3.8) is 0 Å². The molecular weight excluding hydrogens is 310 g/mol. The fourth-order valence-electron chi connectivity index (χ4n) is 1.93. The van der Waals surface area contributed by atoms with Gasteiger partial charge in [-0.2, -0.15) is 0 Å². The molecule has 0 aliphatic heterocycles. The molecule has 0 saturated carbocycles. The van der Waals surface area contributed by atoms with Gasteiger partial charge < -0.3 is 10.1 Å². The summed E-state index contributed by atoms with van der Waals surface area (Å²) >= 11 is 5.44. The molecule has 1 aromatic carbocycles. The van der Waals surface area contributed by atoms with E-state index in [2.05, 4.69) is 46.4 Å². The van der Waals surface area contributed by atoms with Crippen molar-refractivity contribution in [1.29, 1.82) is 0 Å². The molecule has 1 N–H and O–H groups in total. The molecule has 1 heterocycles. The normalized spacial score (nSPS) is 12.4. The van der Waals surface area contributed by atoms with Crippen LogP contribution in [0.15, 0.2) is 34.8 Å². The molecule has 2 nitrogen and oxygen atoms in total. The van der Waals surface area contributed by atoms with Gasteiger partial charge >= 0.3 is 0 Å². The van der Waals surface area contributed by atoms with E-state index in [0.717, 1.165) is 10.2 Å². The number of aryl methyl sites for hydroxylation is 1. The number of rotatable bonds is 4. The summed E-state index contributed by atoms with van der Waals surface area (Å²) in [6.07, 6.45) is 0. The number of halogens is 1. The molecule has 0 amide bonds. The van der Waals surface area contributed by atoms with Crippen LogP contribution in [-0.2, 0) is 0 Å². The number of nitrogens with one attached hydrogen (secondary N) is 1. The molecule has 0 fully saturated rings. The zero-order chi connectivity index (χ0) is 13.1. The van der Waals surface area contributed by atoms with Crippen LogP contribution in [-0.4, -0.2) is 14.2 Å². The van der Waals surface area contributed by atoms with E-state index < -0.39 is 0 Å². The molecule has 1 unspecified atom stereocenters. The highest BCUT2D eigenvalue weighted by atomic mass is 79.9. The fourth-order valence-corrected chi connectivity index (χ4v) is 3.52. The molecule has 0 bridgehead atoms. The van der Waals surface area contributed by atoms with Gasteiger partial charge in [0.1, 0.15) is 5.75 Å². The van der Waals surface area contributed by atoms with E-state index >= 15 is 0 Å². The first kappa shape index (κ1) is 13.6. The van der Waals surface area contributed by atoms with Gasteiger partial charge in [-0.3, -0.25) is 0 Å². The van der Waals surface area contributed by atoms with Gasteiger partial charge in [-0.15, -0.1) is 11.3 Å². The molecule has 2 rings (SSSR count). The summed E-state index contributed by atoms with van der Waals surface area (Å²) < 4.78 is 6.29. The Morgan fingerprint density at radius 1 is 1.28 bits per heavy atom. The first-order valence-electron chi connectivity index (χ1n) is 5.72. The van der Waals surface area contributed by atoms with E-state index in [-0.39, 0.29) is 6.04 Å². The molecule has 0 radical (unpaired) electrons. The summed E-state index contributed by atoms with van der Waals surface area (Å²) in [6.45, 7) is 2.13. The summed E-state index contributed by atoms with van der Waals surface area (Å²) in [5, 5.41) is 3.37. The molecule has 1 atom stereocenters. The Hall–Kier alpha value is -0.840. The van der Waals surface area contributed by atoms with E-state index in [9.17, 15) is 0 Å². The van der Waals surface area contributed by atoms with Gasteiger partial charge in [-0.05, 0) is 43.8 Å².